The van der Waals surface area contributed by atoms with Gasteiger partial charge in [0.2, 0.25) is 5.91 Å². The molecule has 0 saturated heterocycles. The second-order valence-electron chi connectivity index (χ2n) is 4.60. The second-order valence-corrected chi connectivity index (χ2v) is 4.60. The van der Waals surface area contributed by atoms with Gasteiger partial charge in [0.15, 0.2) is 0 Å². The minimum absolute atomic E-state index is 0.162. The molecule has 1 aromatic carbocycles. The van der Waals surface area contributed by atoms with Gasteiger partial charge >= 0.3 is 0 Å². The zero-order valence-corrected chi connectivity index (χ0v) is 10.3. The van der Waals surface area contributed by atoms with Crippen molar-refractivity contribution < 1.29 is 13.9 Å². The van der Waals surface area contributed by atoms with Crippen LogP contribution in [0.2, 0.25) is 0 Å². The molecule has 0 bridgehead atoms. The maximum absolute atomic E-state index is 12.8. The van der Waals surface area contributed by atoms with Gasteiger partial charge < -0.3 is 15.8 Å². The Balaban J connectivity index is 2.06. The van der Waals surface area contributed by atoms with Crippen LogP contribution >= 0.6 is 0 Å². The monoisotopic (exact) mass is 252 g/mol. The lowest BCUT2D eigenvalue weighted by Gasteiger charge is -2.30. The van der Waals surface area contributed by atoms with Crippen LogP contribution in [-0.2, 0) is 4.79 Å². The van der Waals surface area contributed by atoms with Gasteiger partial charge in [-0.2, -0.15) is 0 Å². The van der Waals surface area contributed by atoms with Gasteiger partial charge in [0.05, 0.1) is 0 Å². The van der Waals surface area contributed by atoms with E-state index in [1.807, 2.05) is 0 Å². The molecule has 1 unspecified atom stereocenters. The smallest absolute Gasteiger partial charge is 0.241 e. The van der Waals surface area contributed by atoms with Gasteiger partial charge in [-0.05, 0) is 50.1 Å². The molecule has 0 spiro atoms. The Labute approximate surface area is 105 Å². The molecule has 1 aromatic rings. The summed E-state index contributed by atoms with van der Waals surface area (Å²) in [5.41, 5.74) is 4.64. The van der Waals surface area contributed by atoms with Crippen molar-refractivity contribution in [2.75, 3.05) is 13.7 Å². The lowest BCUT2D eigenvalue weighted by Crippen LogP contribution is -2.59. The topological polar surface area (TPSA) is 64.3 Å². The van der Waals surface area contributed by atoms with Crippen molar-refractivity contribution >= 4 is 5.91 Å². The Kier molecular flexibility index (Phi) is 3.52. The number of primary amides is 1. The average molecular weight is 252 g/mol. The average Bonchev–Trinajstić information content (AvgIpc) is 3.17. The second kappa shape index (κ2) is 4.94. The van der Waals surface area contributed by atoms with E-state index >= 15 is 0 Å². The normalized spacial score (nSPS) is 18.1. The minimum atomic E-state index is -0.825. The Hall–Kier alpha value is -1.62. The molecule has 0 aromatic heterocycles. The summed E-state index contributed by atoms with van der Waals surface area (Å²) in [5.74, 6) is 0.0207. The van der Waals surface area contributed by atoms with Crippen molar-refractivity contribution in [3.8, 4) is 5.75 Å². The van der Waals surface area contributed by atoms with E-state index in [0.29, 0.717) is 5.75 Å². The molecule has 0 radical (unpaired) electrons. The van der Waals surface area contributed by atoms with Crippen LogP contribution in [0.4, 0.5) is 4.39 Å². The number of carbonyl (C=O) groups is 1. The first kappa shape index (κ1) is 12.8. The first-order valence-corrected chi connectivity index (χ1v) is 5.95. The standard InChI is InChI=1S/C13H17FN2O2/c1-16-13(12(15)17,9-2-3-9)8-18-11-6-4-10(14)5-7-11/h4-7,9,16H,2-3,8H2,1H3,(H2,15,17). The van der Waals surface area contributed by atoms with E-state index < -0.39 is 11.4 Å². The maximum Gasteiger partial charge on any atom is 0.241 e. The van der Waals surface area contributed by atoms with Crippen molar-refractivity contribution in [2.24, 2.45) is 11.7 Å². The fourth-order valence-corrected chi connectivity index (χ4v) is 2.09. The fraction of sp³-hybridized carbons (Fsp3) is 0.462. The van der Waals surface area contributed by atoms with Crippen LogP contribution in [-0.4, -0.2) is 25.1 Å². The number of ether oxygens (including phenoxy) is 1. The molecule has 4 nitrogen and oxygen atoms in total. The van der Waals surface area contributed by atoms with E-state index in [4.69, 9.17) is 10.5 Å². The number of rotatable bonds is 6. The number of amides is 1. The highest BCUT2D eigenvalue weighted by atomic mass is 19.1. The molecular formula is C13H17FN2O2. The van der Waals surface area contributed by atoms with Gasteiger partial charge in [0.1, 0.15) is 23.7 Å². The molecule has 1 atom stereocenters. The number of hydrogen-bond donors (Lipinski definition) is 2. The molecule has 1 aliphatic carbocycles. The first-order chi connectivity index (χ1) is 8.58. The van der Waals surface area contributed by atoms with Gasteiger partial charge in [-0.3, -0.25) is 4.79 Å². The summed E-state index contributed by atoms with van der Waals surface area (Å²) < 4.78 is 18.3. The van der Waals surface area contributed by atoms with Gasteiger partial charge in [-0.15, -0.1) is 0 Å². The van der Waals surface area contributed by atoms with E-state index in [1.165, 1.54) is 24.3 Å². The summed E-state index contributed by atoms with van der Waals surface area (Å²) in [5, 5.41) is 2.98. The summed E-state index contributed by atoms with van der Waals surface area (Å²) in [7, 11) is 1.71. The molecule has 98 valence electrons. The highest BCUT2D eigenvalue weighted by molar-refractivity contribution is 5.85. The van der Waals surface area contributed by atoms with Crippen molar-refractivity contribution in [2.45, 2.75) is 18.4 Å². The highest BCUT2D eigenvalue weighted by Gasteiger charge is 2.49. The molecule has 0 heterocycles. The van der Waals surface area contributed by atoms with Crippen LogP contribution in [0.1, 0.15) is 12.8 Å². The molecule has 0 aliphatic heterocycles. The van der Waals surface area contributed by atoms with E-state index in [-0.39, 0.29) is 18.3 Å². The van der Waals surface area contributed by atoms with Gasteiger partial charge in [-0.25, -0.2) is 4.39 Å². The summed E-state index contributed by atoms with van der Waals surface area (Å²) in [6.07, 6.45) is 1.94. The van der Waals surface area contributed by atoms with Gasteiger partial charge in [0.25, 0.3) is 0 Å². The van der Waals surface area contributed by atoms with Crippen LogP contribution in [0.3, 0.4) is 0 Å². The molecule has 18 heavy (non-hydrogen) atoms. The van der Waals surface area contributed by atoms with Gasteiger partial charge in [-0.1, -0.05) is 0 Å². The van der Waals surface area contributed by atoms with Crippen molar-refractivity contribution in [1.82, 2.24) is 5.32 Å². The van der Waals surface area contributed by atoms with E-state index in [1.54, 1.807) is 7.05 Å². The summed E-state index contributed by atoms with van der Waals surface area (Å²) in [4.78, 5) is 11.6. The SMILES string of the molecule is CNC(COc1ccc(F)cc1)(C(N)=O)C1CC1. The minimum Gasteiger partial charge on any atom is -0.491 e. The van der Waals surface area contributed by atoms with Crippen LogP contribution in [0.25, 0.3) is 0 Å². The molecule has 2 rings (SSSR count). The third-order valence-electron chi connectivity index (χ3n) is 3.44. The molecule has 1 aliphatic rings. The van der Waals surface area contributed by atoms with Crippen LogP contribution < -0.4 is 15.8 Å². The highest BCUT2D eigenvalue weighted by Crippen LogP contribution is 2.39. The molecule has 1 amide bonds. The summed E-state index contributed by atoms with van der Waals surface area (Å²) in [6, 6.07) is 5.70. The number of likely N-dealkylation sites (N-methyl/N-ethyl adjacent to an activating group) is 1. The zero-order valence-electron chi connectivity index (χ0n) is 10.3. The van der Waals surface area contributed by atoms with Crippen molar-refractivity contribution in [3.05, 3.63) is 30.1 Å². The number of carbonyl (C=O) groups excluding carboxylic acids is 1. The van der Waals surface area contributed by atoms with Crippen LogP contribution in [0, 0.1) is 11.7 Å². The predicted molar refractivity (Wildman–Crippen MR) is 65.6 cm³/mol. The number of benzene rings is 1. The quantitative estimate of drug-likeness (QED) is 0.795. The Bertz CT molecular complexity index is 431. The first-order valence-electron chi connectivity index (χ1n) is 5.95. The predicted octanol–water partition coefficient (Wildman–Crippen LogP) is 1.06. The maximum atomic E-state index is 12.8. The third kappa shape index (κ3) is 2.46. The number of nitrogens with one attached hydrogen (secondary N) is 1. The van der Waals surface area contributed by atoms with Crippen LogP contribution in [0.5, 0.6) is 5.75 Å². The lowest BCUT2D eigenvalue weighted by atomic mass is 9.93. The summed E-state index contributed by atoms with van der Waals surface area (Å²) in [6.45, 7) is 0.162. The molecular weight excluding hydrogens is 235 g/mol. The molecule has 5 heteroatoms. The number of halogens is 1. The zero-order chi connectivity index (χ0) is 13.2. The van der Waals surface area contributed by atoms with Gasteiger partial charge in [0, 0.05) is 0 Å². The van der Waals surface area contributed by atoms with E-state index in [0.717, 1.165) is 12.8 Å². The number of nitrogens with two attached hydrogens (primary N) is 1. The lowest BCUT2D eigenvalue weighted by molar-refractivity contribution is -0.126. The fourth-order valence-electron chi connectivity index (χ4n) is 2.09. The van der Waals surface area contributed by atoms with Crippen molar-refractivity contribution in [1.29, 1.82) is 0 Å². The molecule has 1 fully saturated rings. The summed E-state index contributed by atoms with van der Waals surface area (Å²) >= 11 is 0. The Morgan fingerprint density at radius 2 is 2.11 bits per heavy atom. The Morgan fingerprint density at radius 1 is 1.50 bits per heavy atom. The van der Waals surface area contributed by atoms with Crippen molar-refractivity contribution in [3.63, 3.8) is 0 Å². The molecule has 3 N–H and O–H groups in total. The molecule has 1 saturated carbocycles. The van der Waals surface area contributed by atoms with E-state index in [2.05, 4.69) is 5.32 Å². The third-order valence-corrected chi connectivity index (χ3v) is 3.44. The van der Waals surface area contributed by atoms with E-state index in [9.17, 15) is 9.18 Å². The number of hydrogen-bond acceptors (Lipinski definition) is 3. The Morgan fingerprint density at radius 3 is 2.56 bits per heavy atom. The van der Waals surface area contributed by atoms with Crippen LogP contribution in [0.15, 0.2) is 24.3 Å². The largest absolute Gasteiger partial charge is 0.491 e.